The number of rotatable bonds is 5. The van der Waals surface area contributed by atoms with Crippen LogP contribution in [0.4, 0.5) is 5.69 Å². The Balaban J connectivity index is 2.02. The van der Waals surface area contributed by atoms with Crippen LogP contribution in [0.5, 0.6) is 5.75 Å². The molecule has 0 spiro atoms. The number of carbonyl (C=O) groups excluding carboxylic acids is 1. The molecular weight excluding hydrogens is 518 g/mol. The molecule has 0 saturated heterocycles. The highest BCUT2D eigenvalue weighted by Gasteiger charge is 2.32. The minimum Gasteiger partial charge on any atom is -0.491 e. The first-order valence-corrected chi connectivity index (χ1v) is 15.2. The average Bonchev–Trinajstić information content (AvgIpc) is 2.82. The van der Waals surface area contributed by atoms with E-state index in [9.17, 15) is 21.6 Å². The van der Waals surface area contributed by atoms with Crippen molar-refractivity contribution in [2.24, 2.45) is 5.92 Å². The van der Waals surface area contributed by atoms with E-state index in [-0.39, 0.29) is 53.4 Å². The molecule has 1 aliphatic heterocycles. The molecule has 3 atom stereocenters. The molecule has 204 valence electrons. The van der Waals surface area contributed by atoms with Gasteiger partial charge in [0.05, 0.1) is 28.9 Å². The molecule has 2 aromatic rings. The topological polar surface area (TPSA) is 122 Å². The van der Waals surface area contributed by atoms with Gasteiger partial charge in [0.2, 0.25) is 10.0 Å². The fourth-order valence-electron chi connectivity index (χ4n) is 4.34. The molecule has 1 aliphatic rings. The van der Waals surface area contributed by atoms with E-state index in [1.54, 1.807) is 39.1 Å². The number of benzene rings is 2. The molecule has 0 aromatic heterocycles. The predicted octanol–water partition coefficient (Wildman–Crippen LogP) is 2.56. The number of anilines is 1. The van der Waals surface area contributed by atoms with Crippen molar-refractivity contribution in [3.8, 4) is 5.75 Å². The first-order valence-electron chi connectivity index (χ1n) is 11.8. The van der Waals surface area contributed by atoms with Gasteiger partial charge in [0, 0.05) is 32.9 Å². The molecule has 37 heavy (non-hydrogen) atoms. The zero-order chi connectivity index (χ0) is 27.5. The molecule has 10 nitrogen and oxygen atoms in total. The second kappa shape index (κ2) is 11.4. The fraction of sp³-hybridized carbons (Fsp3) is 0.480. The number of hydrogen-bond acceptors (Lipinski definition) is 7. The maximum atomic E-state index is 13.5. The van der Waals surface area contributed by atoms with Crippen LogP contribution in [0, 0.1) is 12.8 Å². The van der Waals surface area contributed by atoms with Gasteiger partial charge >= 0.3 is 0 Å². The highest BCUT2D eigenvalue weighted by atomic mass is 32.2. The van der Waals surface area contributed by atoms with Crippen LogP contribution in [0.3, 0.4) is 0 Å². The molecule has 12 heteroatoms. The van der Waals surface area contributed by atoms with Crippen LogP contribution in [0.2, 0.25) is 0 Å². The Kier molecular flexibility index (Phi) is 8.89. The third-order valence-corrected chi connectivity index (χ3v) is 9.35. The number of nitrogens with zero attached hydrogens (tertiary/aromatic N) is 2. The van der Waals surface area contributed by atoms with Gasteiger partial charge < -0.3 is 14.4 Å². The van der Waals surface area contributed by atoms with Gasteiger partial charge in [-0.3, -0.25) is 9.52 Å². The SMILES string of the molecule is CO[C@@H]1CN(C)C(=O)c2cc(NS(=O)(=O)c3ccccc3C)ccc2OC[C@H](C)N(S(C)(=O)=O)C[C@H]1C. The standard InChI is InChI=1S/C25H35N3O7S2/c1-17-9-7-8-10-24(17)37(32,33)26-20-11-12-22-21(13-20)25(29)27(4)15-23(34-5)18(2)14-28(36(6,30)31)19(3)16-35-22/h7-13,18-19,23,26H,14-16H2,1-6H3/t18-,19+,23-/m1/s1. The van der Waals surface area contributed by atoms with E-state index in [2.05, 4.69) is 4.72 Å². The summed E-state index contributed by atoms with van der Waals surface area (Å²) in [6.07, 6.45) is 0.720. The molecule has 0 aliphatic carbocycles. The number of ether oxygens (including phenoxy) is 2. The third-order valence-electron chi connectivity index (χ3n) is 6.45. The predicted molar refractivity (Wildman–Crippen MR) is 142 cm³/mol. The Morgan fingerprint density at radius 3 is 2.35 bits per heavy atom. The molecule has 0 fully saturated rings. The van der Waals surface area contributed by atoms with E-state index < -0.39 is 32.2 Å². The minimum absolute atomic E-state index is 0.00425. The van der Waals surface area contributed by atoms with Crippen molar-refractivity contribution in [3.05, 3.63) is 53.6 Å². The van der Waals surface area contributed by atoms with E-state index in [0.29, 0.717) is 5.56 Å². The zero-order valence-corrected chi connectivity index (χ0v) is 23.6. The van der Waals surface area contributed by atoms with Gasteiger partial charge in [-0.25, -0.2) is 16.8 Å². The van der Waals surface area contributed by atoms with E-state index in [0.717, 1.165) is 6.26 Å². The monoisotopic (exact) mass is 553 g/mol. The first kappa shape index (κ1) is 28.9. The highest BCUT2D eigenvalue weighted by molar-refractivity contribution is 7.92. The molecule has 1 N–H and O–H groups in total. The molecular formula is C25H35N3O7S2. The molecule has 1 amide bonds. The quantitative estimate of drug-likeness (QED) is 0.604. The van der Waals surface area contributed by atoms with Crippen LogP contribution in [0.25, 0.3) is 0 Å². The highest BCUT2D eigenvalue weighted by Crippen LogP contribution is 2.28. The molecule has 0 saturated carbocycles. The summed E-state index contributed by atoms with van der Waals surface area (Å²) in [7, 11) is -4.32. The molecule has 0 bridgehead atoms. The second-order valence-electron chi connectivity index (χ2n) is 9.51. The summed E-state index contributed by atoms with van der Waals surface area (Å²) in [5.41, 5.74) is 0.931. The number of aryl methyl sites for hydroxylation is 1. The summed E-state index contributed by atoms with van der Waals surface area (Å²) in [4.78, 5) is 15.1. The van der Waals surface area contributed by atoms with Gasteiger partial charge in [-0.1, -0.05) is 25.1 Å². The van der Waals surface area contributed by atoms with Crippen molar-refractivity contribution in [1.29, 1.82) is 0 Å². The van der Waals surface area contributed by atoms with Crippen LogP contribution in [-0.2, 0) is 24.8 Å². The van der Waals surface area contributed by atoms with Gasteiger partial charge in [0.25, 0.3) is 15.9 Å². The number of hydrogen-bond donors (Lipinski definition) is 1. The Bertz CT molecular complexity index is 1350. The van der Waals surface area contributed by atoms with Crippen molar-refractivity contribution in [2.75, 3.05) is 44.8 Å². The maximum absolute atomic E-state index is 13.5. The minimum atomic E-state index is -3.90. The van der Waals surface area contributed by atoms with Crippen molar-refractivity contribution in [2.45, 2.75) is 37.8 Å². The molecule has 0 unspecified atom stereocenters. The second-order valence-corrected chi connectivity index (χ2v) is 13.1. The lowest BCUT2D eigenvalue weighted by atomic mass is 10.0. The van der Waals surface area contributed by atoms with Gasteiger partial charge in [-0.15, -0.1) is 0 Å². The smallest absolute Gasteiger partial charge is 0.262 e. The van der Waals surface area contributed by atoms with E-state index in [1.807, 2.05) is 6.92 Å². The molecule has 2 aromatic carbocycles. The first-order chi connectivity index (χ1) is 17.2. The average molecular weight is 554 g/mol. The van der Waals surface area contributed by atoms with Gasteiger partial charge in [0.15, 0.2) is 0 Å². The summed E-state index contributed by atoms with van der Waals surface area (Å²) in [6, 6.07) is 10.5. The summed E-state index contributed by atoms with van der Waals surface area (Å²) in [5.74, 6) is -0.378. The van der Waals surface area contributed by atoms with Gasteiger partial charge in [0.1, 0.15) is 12.4 Å². The largest absolute Gasteiger partial charge is 0.491 e. The molecule has 1 heterocycles. The van der Waals surface area contributed by atoms with Gasteiger partial charge in [-0.05, 0) is 49.6 Å². The van der Waals surface area contributed by atoms with Crippen LogP contribution >= 0.6 is 0 Å². The number of amides is 1. The van der Waals surface area contributed by atoms with E-state index in [1.165, 1.54) is 40.6 Å². The molecule has 3 rings (SSSR count). The fourth-order valence-corrected chi connectivity index (χ4v) is 6.85. The van der Waals surface area contributed by atoms with Crippen LogP contribution in [0.15, 0.2) is 47.4 Å². The van der Waals surface area contributed by atoms with Crippen LogP contribution in [0.1, 0.15) is 29.8 Å². The number of nitrogens with one attached hydrogen (secondary N) is 1. The normalized spacial score (nSPS) is 22.4. The maximum Gasteiger partial charge on any atom is 0.262 e. The van der Waals surface area contributed by atoms with Crippen molar-refractivity contribution in [3.63, 3.8) is 0 Å². The van der Waals surface area contributed by atoms with E-state index >= 15 is 0 Å². The summed E-state index contributed by atoms with van der Waals surface area (Å²) >= 11 is 0. The lowest BCUT2D eigenvalue weighted by Crippen LogP contribution is -2.48. The number of carbonyl (C=O) groups is 1. The number of sulfonamides is 2. The molecule has 0 radical (unpaired) electrons. The zero-order valence-electron chi connectivity index (χ0n) is 22.0. The van der Waals surface area contributed by atoms with Crippen molar-refractivity contribution >= 4 is 31.6 Å². The number of fused-ring (bicyclic) bond motifs is 1. The Hall–Kier alpha value is -2.67. The Labute approximate surface area is 219 Å². The third kappa shape index (κ3) is 6.81. The lowest BCUT2D eigenvalue weighted by Gasteiger charge is -2.34. The summed E-state index contributed by atoms with van der Waals surface area (Å²) in [6.45, 7) is 5.71. The summed E-state index contributed by atoms with van der Waals surface area (Å²) in [5, 5.41) is 0. The van der Waals surface area contributed by atoms with Crippen LogP contribution in [-0.4, -0.2) is 84.2 Å². The Morgan fingerprint density at radius 2 is 1.73 bits per heavy atom. The Morgan fingerprint density at radius 1 is 1.05 bits per heavy atom. The number of likely N-dealkylation sites (N-methyl/N-ethyl adjacent to an activating group) is 1. The van der Waals surface area contributed by atoms with Crippen molar-refractivity contribution < 1.29 is 31.1 Å². The van der Waals surface area contributed by atoms with Crippen LogP contribution < -0.4 is 9.46 Å². The summed E-state index contributed by atoms with van der Waals surface area (Å²) < 4.78 is 66.6. The van der Waals surface area contributed by atoms with E-state index in [4.69, 9.17) is 9.47 Å². The van der Waals surface area contributed by atoms with Gasteiger partial charge in [-0.2, -0.15) is 4.31 Å². The van der Waals surface area contributed by atoms with Crippen molar-refractivity contribution in [1.82, 2.24) is 9.21 Å². The number of methoxy groups -OCH3 is 1. The lowest BCUT2D eigenvalue weighted by molar-refractivity contribution is 0.0213.